The highest BCUT2D eigenvalue weighted by Gasteiger charge is 2.09. The quantitative estimate of drug-likeness (QED) is 0.837. The second-order valence-electron chi connectivity index (χ2n) is 3.12. The van der Waals surface area contributed by atoms with Gasteiger partial charge in [-0.25, -0.2) is 4.98 Å². The van der Waals surface area contributed by atoms with Crippen molar-refractivity contribution in [1.29, 1.82) is 0 Å². The Hall–Kier alpha value is -1.29. The maximum atomic E-state index is 5.44. The molecule has 3 nitrogen and oxygen atoms in total. The van der Waals surface area contributed by atoms with Crippen LogP contribution in [0.4, 0.5) is 0 Å². The molecule has 0 aliphatic rings. The monoisotopic (exact) mass is 267 g/mol. The molecule has 78 valence electrons. The Labute approximate surface area is 96.2 Å². The fraction of sp³-hybridized carbons (Fsp3) is 0.182. The lowest BCUT2D eigenvalue weighted by Gasteiger charge is -2.03. The molecule has 0 atom stereocenters. The number of nitrogens with zero attached hydrogens (tertiary/aromatic N) is 1. The molecule has 2 aromatic rings. The Bertz CT molecular complexity index is 479. The molecule has 1 aromatic carbocycles. The van der Waals surface area contributed by atoms with Gasteiger partial charge in [0.2, 0.25) is 5.89 Å². The molecule has 0 unspecified atom stereocenters. The van der Waals surface area contributed by atoms with Crippen molar-refractivity contribution < 1.29 is 9.15 Å². The van der Waals surface area contributed by atoms with Crippen LogP contribution in [-0.4, -0.2) is 12.1 Å². The van der Waals surface area contributed by atoms with Crippen LogP contribution >= 0.6 is 15.9 Å². The van der Waals surface area contributed by atoms with Gasteiger partial charge in [-0.3, -0.25) is 0 Å². The molecule has 15 heavy (non-hydrogen) atoms. The van der Waals surface area contributed by atoms with Crippen molar-refractivity contribution in [2.45, 2.75) is 6.92 Å². The van der Waals surface area contributed by atoms with Crippen LogP contribution in [0, 0.1) is 6.92 Å². The van der Waals surface area contributed by atoms with Crippen LogP contribution < -0.4 is 4.74 Å². The summed E-state index contributed by atoms with van der Waals surface area (Å²) < 4.78 is 11.5. The molecule has 0 aliphatic carbocycles. The third-order valence-corrected chi connectivity index (χ3v) is 2.68. The van der Waals surface area contributed by atoms with Crippen LogP contribution in [-0.2, 0) is 0 Å². The molecule has 0 amide bonds. The van der Waals surface area contributed by atoms with Gasteiger partial charge < -0.3 is 9.15 Å². The van der Waals surface area contributed by atoms with E-state index >= 15 is 0 Å². The van der Waals surface area contributed by atoms with E-state index in [2.05, 4.69) is 20.9 Å². The first-order chi connectivity index (χ1) is 7.20. The van der Waals surface area contributed by atoms with Gasteiger partial charge in [-0.2, -0.15) is 0 Å². The Balaban J connectivity index is 2.45. The van der Waals surface area contributed by atoms with Crippen molar-refractivity contribution in [3.63, 3.8) is 0 Å². The minimum atomic E-state index is 0.613. The van der Waals surface area contributed by atoms with E-state index in [0.717, 1.165) is 21.5 Å². The summed E-state index contributed by atoms with van der Waals surface area (Å²) in [5.74, 6) is 2.21. The van der Waals surface area contributed by atoms with E-state index in [1.54, 1.807) is 13.3 Å². The predicted octanol–water partition coefficient (Wildman–Crippen LogP) is 3.42. The molecule has 0 bridgehead atoms. The molecule has 0 spiro atoms. The molecule has 4 heteroatoms. The van der Waals surface area contributed by atoms with Crippen molar-refractivity contribution in [3.05, 3.63) is 34.6 Å². The van der Waals surface area contributed by atoms with E-state index in [4.69, 9.17) is 9.15 Å². The second kappa shape index (κ2) is 4.06. The summed E-state index contributed by atoms with van der Waals surface area (Å²) in [5.41, 5.74) is 0.920. The highest BCUT2D eigenvalue weighted by Crippen LogP contribution is 2.30. The molecule has 0 N–H and O–H groups in total. The summed E-state index contributed by atoms with van der Waals surface area (Å²) in [5, 5.41) is 0. The van der Waals surface area contributed by atoms with Crippen LogP contribution in [0.5, 0.6) is 5.75 Å². The van der Waals surface area contributed by atoms with Crippen LogP contribution in [0.25, 0.3) is 11.5 Å². The van der Waals surface area contributed by atoms with E-state index in [9.17, 15) is 0 Å². The van der Waals surface area contributed by atoms with Gasteiger partial charge in [-0.05, 0) is 41.1 Å². The van der Waals surface area contributed by atoms with Crippen molar-refractivity contribution in [2.75, 3.05) is 7.11 Å². The summed E-state index contributed by atoms with van der Waals surface area (Å²) in [6, 6.07) is 5.67. The fourth-order valence-electron chi connectivity index (χ4n) is 1.28. The number of benzene rings is 1. The Morgan fingerprint density at radius 2 is 2.20 bits per heavy atom. The number of oxazole rings is 1. The zero-order chi connectivity index (χ0) is 10.8. The SMILES string of the molecule is COc1ccc(-c2ncc(C)o2)c(Br)c1. The first kappa shape index (κ1) is 10.2. The number of rotatable bonds is 2. The van der Waals surface area contributed by atoms with Gasteiger partial charge in [-0.15, -0.1) is 0 Å². The highest BCUT2D eigenvalue weighted by atomic mass is 79.9. The van der Waals surface area contributed by atoms with E-state index in [1.807, 2.05) is 25.1 Å². The molecule has 2 rings (SSSR count). The van der Waals surface area contributed by atoms with Crippen LogP contribution in [0.2, 0.25) is 0 Å². The third-order valence-electron chi connectivity index (χ3n) is 2.03. The third kappa shape index (κ3) is 2.04. The molecule has 0 saturated heterocycles. The Kier molecular flexibility index (Phi) is 2.77. The van der Waals surface area contributed by atoms with Crippen LogP contribution in [0.3, 0.4) is 0 Å². The Morgan fingerprint density at radius 1 is 1.40 bits per heavy atom. The number of hydrogen-bond donors (Lipinski definition) is 0. The van der Waals surface area contributed by atoms with E-state index in [-0.39, 0.29) is 0 Å². The number of aromatic nitrogens is 1. The number of hydrogen-bond acceptors (Lipinski definition) is 3. The molecule has 0 aliphatic heterocycles. The van der Waals surface area contributed by atoms with Gasteiger partial charge in [0.25, 0.3) is 0 Å². The van der Waals surface area contributed by atoms with Gasteiger partial charge in [0.15, 0.2) is 0 Å². The van der Waals surface area contributed by atoms with Gasteiger partial charge in [0.1, 0.15) is 11.5 Å². The topological polar surface area (TPSA) is 35.3 Å². The summed E-state index contributed by atoms with van der Waals surface area (Å²) in [7, 11) is 1.64. The lowest BCUT2D eigenvalue weighted by atomic mass is 10.2. The maximum absolute atomic E-state index is 5.44. The standard InChI is InChI=1S/C11H10BrNO2/c1-7-6-13-11(15-7)9-4-3-8(14-2)5-10(9)12/h3-6H,1-2H3. The maximum Gasteiger partial charge on any atom is 0.227 e. The summed E-state index contributed by atoms with van der Waals surface area (Å²) in [6.45, 7) is 1.87. The van der Waals surface area contributed by atoms with Crippen LogP contribution in [0.1, 0.15) is 5.76 Å². The van der Waals surface area contributed by atoms with Crippen molar-refractivity contribution in [1.82, 2.24) is 4.98 Å². The van der Waals surface area contributed by atoms with E-state index in [1.165, 1.54) is 0 Å². The van der Waals surface area contributed by atoms with Gasteiger partial charge in [0.05, 0.1) is 18.9 Å². The predicted molar refractivity (Wildman–Crippen MR) is 60.9 cm³/mol. The van der Waals surface area contributed by atoms with Gasteiger partial charge in [-0.1, -0.05) is 0 Å². The number of aryl methyl sites for hydroxylation is 1. The first-order valence-corrected chi connectivity index (χ1v) is 5.26. The number of methoxy groups -OCH3 is 1. The van der Waals surface area contributed by atoms with Crippen molar-refractivity contribution in [2.24, 2.45) is 0 Å². The van der Waals surface area contributed by atoms with Gasteiger partial charge in [0, 0.05) is 4.47 Å². The normalized spacial score (nSPS) is 10.3. The minimum absolute atomic E-state index is 0.613. The zero-order valence-corrected chi connectivity index (χ0v) is 10.0. The highest BCUT2D eigenvalue weighted by molar-refractivity contribution is 9.10. The molecule has 0 fully saturated rings. The van der Waals surface area contributed by atoms with E-state index < -0.39 is 0 Å². The lowest BCUT2D eigenvalue weighted by molar-refractivity contribution is 0.414. The second-order valence-corrected chi connectivity index (χ2v) is 3.98. The number of halogens is 1. The van der Waals surface area contributed by atoms with Crippen LogP contribution in [0.15, 0.2) is 33.3 Å². The summed E-state index contributed by atoms with van der Waals surface area (Å²) in [6.07, 6.45) is 1.70. The average Bonchev–Trinajstić information content (AvgIpc) is 2.64. The molecular formula is C11H10BrNO2. The summed E-state index contributed by atoms with van der Waals surface area (Å²) in [4.78, 5) is 4.16. The molecule has 1 aromatic heterocycles. The average molecular weight is 268 g/mol. The molecular weight excluding hydrogens is 258 g/mol. The van der Waals surface area contributed by atoms with Crippen molar-refractivity contribution in [3.8, 4) is 17.2 Å². The van der Waals surface area contributed by atoms with Crippen molar-refractivity contribution >= 4 is 15.9 Å². The minimum Gasteiger partial charge on any atom is -0.497 e. The molecule has 0 saturated carbocycles. The largest absolute Gasteiger partial charge is 0.497 e. The smallest absolute Gasteiger partial charge is 0.227 e. The van der Waals surface area contributed by atoms with E-state index in [0.29, 0.717) is 5.89 Å². The first-order valence-electron chi connectivity index (χ1n) is 4.47. The molecule has 1 heterocycles. The fourth-order valence-corrected chi connectivity index (χ4v) is 1.80. The van der Waals surface area contributed by atoms with Gasteiger partial charge >= 0.3 is 0 Å². The lowest BCUT2D eigenvalue weighted by Crippen LogP contribution is -1.84. The summed E-state index contributed by atoms with van der Waals surface area (Å²) >= 11 is 3.45. The zero-order valence-electron chi connectivity index (χ0n) is 8.45. The number of ether oxygens (including phenoxy) is 1. The molecule has 0 radical (unpaired) electrons. The Morgan fingerprint density at radius 3 is 2.73 bits per heavy atom.